The average molecular weight is 327 g/mol. The zero-order chi connectivity index (χ0) is 15.3. The van der Waals surface area contributed by atoms with Crippen molar-refractivity contribution in [3.8, 4) is 0 Å². The fraction of sp³-hybridized carbons (Fsp3) is 0.917. The van der Waals surface area contributed by atoms with Gasteiger partial charge in [0.2, 0.25) is 5.91 Å². The monoisotopic (exact) mass is 326 g/mol. The minimum atomic E-state index is -3.14. The first kappa shape index (κ1) is 17.7. The van der Waals surface area contributed by atoms with Crippen LogP contribution in [0.15, 0.2) is 0 Å². The van der Waals surface area contributed by atoms with E-state index in [0.29, 0.717) is 13.0 Å². The number of aliphatic hydroxyl groups excluding tert-OH is 1. The third-order valence-electron chi connectivity index (χ3n) is 3.31. The number of nitrogens with one attached hydrogen (secondary N) is 1. The molecule has 1 fully saturated rings. The number of hydrogen-bond donors (Lipinski definition) is 2. The van der Waals surface area contributed by atoms with Crippen LogP contribution >= 0.6 is 11.6 Å². The van der Waals surface area contributed by atoms with Crippen LogP contribution < -0.4 is 5.32 Å². The van der Waals surface area contributed by atoms with Gasteiger partial charge >= 0.3 is 0 Å². The van der Waals surface area contributed by atoms with Crippen LogP contribution in [0.2, 0.25) is 0 Å². The number of rotatable bonds is 7. The summed E-state index contributed by atoms with van der Waals surface area (Å²) in [5.41, 5.74) is 0. The molecule has 20 heavy (non-hydrogen) atoms. The lowest BCUT2D eigenvalue weighted by atomic mass is 10.2. The van der Waals surface area contributed by atoms with Gasteiger partial charge < -0.3 is 10.4 Å². The molecule has 1 aliphatic heterocycles. The first-order valence-corrected chi connectivity index (χ1v) is 8.99. The maximum atomic E-state index is 12.0. The van der Waals surface area contributed by atoms with Crippen molar-refractivity contribution in [1.29, 1.82) is 0 Å². The van der Waals surface area contributed by atoms with E-state index in [1.54, 1.807) is 0 Å². The van der Waals surface area contributed by atoms with Crippen LogP contribution in [0.25, 0.3) is 0 Å². The molecule has 1 amide bonds. The first-order chi connectivity index (χ1) is 9.25. The van der Waals surface area contributed by atoms with Gasteiger partial charge in [-0.15, -0.1) is 11.6 Å². The third kappa shape index (κ3) is 5.55. The highest BCUT2D eigenvalue weighted by molar-refractivity contribution is 7.91. The Hall–Kier alpha value is -0.370. The molecular formula is C12H23ClN2O4S. The van der Waals surface area contributed by atoms with E-state index in [9.17, 15) is 13.2 Å². The molecule has 0 aliphatic carbocycles. The molecule has 2 N–H and O–H groups in total. The Bertz CT molecular complexity index is 427. The molecule has 8 heteroatoms. The Morgan fingerprint density at radius 3 is 2.55 bits per heavy atom. The van der Waals surface area contributed by atoms with Crippen molar-refractivity contribution in [3.63, 3.8) is 0 Å². The fourth-order valence-electron chi connectivity index (χ4n) is 2.17. The molecular weight excluding hydrogens is 304 g/mol. The zero-order valence-electron chi connectivity index (χ0n) is 11.9. The molecule has 0 radical (unpaired) electrons. The second kappa shape index (κ2) is 7.59. The minimum Gasteiger partial charge on any atom is -0.396 e. The van der Waals surface area contributed by atoms with E-state index in [1.165, 1.54) is 0 Å². The van der Waals surface area contributed by atoms with E-state index in [4.69, 9.17) is 16.7 Å². The number of alkyl halides is 1. The number of amides is 1. The van der Waals surface area contributed by atoms with E-state index >= 15 is 0 Å². The van der Waals surface area contributed by atoms with Crippen molar-refractivity contribution in [2.75, 3.05) is 31.2 Å². The van der Waals surface area contributed by atoms with Crippen LogP contribution in [0.1, 0.15) is 20.3 Å². The highest BCUT2D eigenvalue weighted by Gasteiger charge is 2.37. The SMILES string of the molecule is CC(C)N(CCCO)CC(=O)NC1CS(=O)(=O)CC1Cl. The van der Waals surface area contributed by atoms with Gasteiger partial charge in [-0.3, -0.25) is 9.69 Å². The van der Waals surface area contributed by atoms with Gasteiger partial charge in [-0.25, -0.2) is 8.42 Å². The average Bonchev–Trinajstić information content (AvgIpc) is 2.57. The van der Waals surface area contributed by atoms with E-state index in [2.05, 4.69) is 5.32 Å². The topological polar surface area (TPSA) is 86.7 Å². The van der Waals surface area contributed by atoms with Gasteiger partial charge in [0, 0.05) is 19.2 Å². The summed E-state index contributed by atoms with van der Waals surface area (Å²) in [6, 6.07) is -0.340. The van der Waals surface area contributed by atoms with Gasteiger partial charge in [-0.1, -0.05) is 0 Å². The third-order valence-corrected chi connectivity index (χ3v) is 5.69. The highest BCUT2D eigenvalue weighted by atomic mass is 35.5. The molecule has 1 heterocycles. The standard InChI is InChI=1S/C12H23ClN2O4S/c1-9(2)15(4-3-5-16)6-12(17)14-11-8-20(18,19)7-10(11)13/h9-11,16H,3-8H2,1-2H3,(H,14,17). The van der Waals surface area contributed by atoms with Gasteiger partial charge in [0.15, 0.2) is 9.84 Å². The summed E-state index contributed by atoms with van der Waals surface area (Å²) >= 11 is 5.95. The van der Waals surface area contributed by atoms with Crippen LogP contribution in [0.4, 0.5) is 0 Å². The van der Waals surface area contributed by atoms with Crippen molar-refractivity contribution >= 4 is 27.3 Å². The quantitative estimate of drug-likeness (QED) is 0.622. The van der Waals surface area contributed by atoms with Crippen LogP contribution in [0, 0.1) is 0 Å². The molecule has 1 saturated heterocycles. The van der Waals surface area contributed by atoms with Gasteiger partial charge in [0.25, 0.3) is 0 Å². The molecule has 1 aliphatic rings. The normalized spacial score (nSPS) is 25.3. The van der Waals surface area contributed by atoms with Gasteiger partial charge in [-0.05, 0) is 20.3 Å². The fourth-order valence-corrected chi connectivity index (χ4v) is 4.72. The summed E-state index contributed by atoms with van der Waals surface area (Å²) in [5.74, 6) is -0.409. The largest absolute Gasteiger partial charge is 0.396 e. The van der Waals surface area contributed by atoms with Crippen LogP contribution in [-0.4, -0.2) is 73.0 Å². The predicted molar refractivity (Wildman–Crippen MR) is 78.6 cm³/mol. The number of aliphatic hydroxyl groups is 1. The minimum absolute atomic E-state index is 0.0788. The number of hydrogen-bond acceptors (Lipinski definition) is 5. The maximum Gasteiger partial charge on any atom is 0.234 e. The molecule has 0 spiro atoms. The van der Waals surface area contributed by atoms with Crippen molar-refractivity contribution in [2.24, 2.45) is 0 Å². The summed E-state index contributed by atoms with van der Waals surface area (Å²) in [7, 11) is -3.14. The summed E-state index contributed by atoms with van der Waals surface area (Å²) in [5, 5.41) is 11.0. The van der Waals surface area contributed by atoms with E-state index in [1.807, 2.05) is 18.7 Å². The second-order valence-electron chi connectivity index (χ2n) is 5.41. The molecule has 2 atom stereocenters. The molecule has 118 valence electrons. The molecule has 2 unspecified atom stereocenters. The lowest BCUT2D eigenvalue weighted by molar-refractivity contribution is -0.123. The first-order valence-electron chi connectivity index (χ1n) is 6.74. The summed E-state index contributed by atoms with van der Waals surface area (Å²) in [6.45, 7) is 4.81. The second-order valence-corrected chi connectivity index (χ2v) is 8.12. The lowest BCUT2D eigenvalue weighted by Crippen LogP contribution is -2.47. The van der Waals surface area contributed by atoms with Crippen molar-refractivity contribution < 1.29 is 18.3 Å². The summed E-state index contributed by atoms with van der Waals surface area (Å²) < 4.78 is 22.9. The van der Waals surface area contributed by atoms with Gasteiger partial charge in [0.05, 0.1) is 29.5 Å². The van der Waals surface area contributed by atoms with Crippen molar-refractivity contribution in [2.45, 2.75) is 37.7 Å². The molecule has 0 bridgehead atoms. The molecule has 0 saturated carbocycles. The molecule has 0 aromatic carbocycles. The molecule has 1 rings (SSSR count). The number of halogens is 1. The number of carbonyl (C=O) groups is 1. The van der Waals surface area contributed by atoms with Gasteiger partial charge in [0.1, 0.15) is 0 Å². The van der Waals surface area contributed by atoms with Crippen LogP contribution in [0.5, 0.6) is 0 Å². The van der Waals surface area contributed by atoms with E-state index in [-0.39, 0.29) is 36.6 Å². The van der Waals surface area contributed by atoms with Crippen molar-refractivity contribution in [1.82, 2.24) is 10.2 Å². The Morgan fingerprint density at radius 1 is 1.45 bits per heavy atom. The zero-order valence-corrected chi connectivity index (χ0v) is 13.5. The van der Waals surface area contributed by atoms with Crippen LogP contribution in [-0.2, 0) is 14.6 Å². The van der Waals surface area contributed by atoms with E-state index in [0.717, 1.165) is 0 Å². The number of carbonyl (C=O) groups excluding carboxylic acids is 1. The van der Waals surface area contributed by atoms with Crippen LogP contribution in [0.3, 0.4) is 0 Å². The van der Waals surface area contributed by atoms with E-state index < -0.39 is 21.3 Å². The lowest BCUT2D eigenvalue weighted by Gasteiger charge is -2.26. The summed E-state index contributed by atoms with van der Waals surface area (Å²) in [6.07, 6.45) is 0.599. The van der Waals surface area contributed by atoms with Crippen molar-refractivity contribution in [3.05, 3.63) is 0 Å². The predicted octanol–water partition coefficient (Wildman–Crippen LogP) is -0.400. The Morgan fingerprint density at radius 2 is 2.10 bits per heavy atom. The molecule has 0 aromatic rings. The smallest absolute Gasteiger partial charge is 0.234 e. The number of sulfone groups is 1. The summed E-state index contributed by atoms with van der Waals surface area (Å²) in [4.78, 5) is 13.9. The highest BCUT2D eigenvalue weighted by Crippen LogP contribution is 2.17. The number of nitrogens with zero attached hydrogens (tertiary/aromatic N) is 1. The Balaban J connectivity index is 2.49. The molecule has 0 aromatic heterocycles. The maximum absolute atomic E-state index is 12.0. The Labute approximate surface area is 125 Å². The molecule has 6 nitrogen and oxygen atoms in total. The van der Waals surface area contributed by atoms with Gasteiger partial charge in [-0.2, -0.15) is 0 Å². The Kier molecular flexibility index (Phi) is 6.71.